The smallest absolute Gasteiger partial charge is 0.285 e. The van der Waals surface area contributed by atoms with E-state index in [4.69, 9.17) is 0 Å². The first-order valence-corrected chi connectivity index (χ1v) is 10.2. The van der Waals surface area contributed by atoms with Crippen LogP contribution in [0, 0.1) is 10.1 Å². The normalized spacial score (nSPS) is 16.1. The summed E-state index contributed by atoms with van der Waals surface area (Å²) in [4.78, 5) is 38.9. The van der Waals surface area contributed by atoms with Crippen LogP contribution in [0.25, 0.3) is 0 Å². The molecule has 0 aromatic heterocycles. The van der Waals surface area contributed by atoms with Gasteiger partial charge in [-0.05, 0) is 22.1 Å². The third kappa shape index (κ3) is 3.08. The maximum absolute atomic E-state index is 13.5. The van der Waals surface area contributed by atoms with Gasteiger partial charge >= 0.3 is 5.54 Å². The number of carbonyl (C=O) groups is 2. The van der Waals surface area contributed by atoms with E-state index in [0.29, 0.717) is 11.1 Å². The summed E-state index contributed by atoms with van der Waals surface area (Å²) in [7, 11) is 0. The number of hydrogen-bond donors (Lipinski definition) is 0. The van der Waals surface area contributed by atoms with Crippen LogP contribution >= 0.6 is 0 Å². The predicted octanol–water partition coefficient (Wildman–Crippen LogP) is 5.21. The molecule has 3 aromatic carbocycles. The minimum Gasteiger partial charge on any atom is -0.285 e. The maximum atomic E-state index is 13.5. The minimum absolute atomic E-state index is 0.100. The molecule has 1 unspecified atom stereocenters. The van der Waals surface area contributed by atoms with Crippen LogP contribution in [0.4, 0.5) is 0 Å². The fourth-order valence-corrected chi connectivity index (χ4v) is 4.42. The van der Waals surface area contributed by atoms with Gasteiger partial charge in [0.1, 0.15) is 0 Å². The molecule has 0 aliphatic heterocycles. The molecule has 0 saturated heterocycles. The van der Waals surface area contributed by atoms with E-state index in [1.165, 1.54) is 12.1 Å². The molecule has 0 amide bonds. The second-order valence-corrected chi connectivity index (χ2v) is 8.94. The Kier molecular flexibility index (Phi) is 4.85. The molecule has 1 aliphatic rings. The number of carbonyl (C=O) groups excluding carboxylic acids is 2. The number of nitro groups is 1. The fraction of sp³-hybridized carbons (Fsp3) is 0.231. The van der Waals surface area contributed by atoms with E-state index in [2.05, 4.69) is 20.8 Å². The van der Waals surface area contributed by atoms with Crippen LogP contribution in [-0.2, 0) is 5.41 Å². The Hall–Kier alpha value is -3.60. The van der Waals surface area contributed by atoms with Gasteiger partial charge in [0.2, 0.25) is 11.6 Å². The van der Waals surface area contributed by atoms with Gasteiger partial charge in [-0.3, -0.25) is 19.7 Å². The number of Topliss-reactive ketones (excluding diaryl/α,β-unsaturated/α-hetero) is 2. The van der Waals surface area contributed by atoms with Crippen LogP contribution in [0.3, 0.4) is 0 Å². The van der Waals surface area contributed by atoms with Crippen molar-refractivity contribution < 1.29 is 14.5 Å². The van der Waals surface area contributed by atoms with E-state index in [1.807, 2.05) is 12.1 Å². The molecule has 1 atom stereocenters. The van der Waals surface area contributed by atoms with Crippen LogP contribution in [0.5, 0.6) is 0 Å². The van der Waals surface area contributed by atoms with Gasteiger partial charge in [0.25, 0.3) is 0 Å². The van der Waals surface area contributed by atoms with Crippen molar-refractivity contribution in [2.45, 2.75) is 37.6 Å². The fourth-order valence-electron chi connectivity index (χ4n) is 4.42. The van der Waals surface area contributed by atoms with Crippen LogP contribution < -0.4 is 0 Å². The highest BCUT2D eigenvalue weighted by Gasteiger charge is 2.68. The lowest BCUT2D eigenvalue weighted by Gasteiger charge is -2.29. The standard InChI is InChI=1S/C26H23NO4/c1-25(2,3)19-15-13-18(14-16-19)22(17-9-5-4-6-10-17)26(27(30)31)23(28)20-11-7-8-12-21(20)24(26)29/h4-16,22H,1-3H3. The zero-order valence-electron chi connectivity index (χ0n) is 17.7. The molecule has 0 saturated carbocycles. The number of nitrogens with zero attached hydrogens (tertiary/aromatic N) is 1. The van der Waals surface area contributed by atoms with Gasteiger partial charge < -0.3 is 0 Å². The Balaban J connectivity index is 1.98. The van der Waals surface area contributed by atoms with Crippen LogP contribution in [-0.4, -0.2) is 22.0 Å². The largest absolute Gasteiger partial charge is 0.355 e. The SMILES string of the molecule is CC(C)(C)c1ccc(C(c2ccccc2)C2([N+](=O)[O-])C(=O)c3ccccc3C2=O)cc1. The Morgan fingerprint density at radius 3 is 1.65 bits per heavy atom. The number of benzene rings is 3. The van der Waals surface area contributed by atoms with E-state index in [-0.39, 0.29) is 16.5 Å². The minimum atomic E-state index is -2.44. The highest BCUT2D eigenvalue weighted by atomic mass is 16.6. The first-order chi connectivity index (χ1) is 14.7. The lowest BCUT2D eigenvalue weighted by molar-refractivity contribution is -0.532. The molecule has 156 valence electrons. The molecule has 0 radical (unpaired) electrons. The number of fused-ring (bicyclic) bond motifs is 1. The highest BCUT2D eigenvalue weighted by molar-refractivity contribution is 6.32. The Morgan fingerprint density at radius 1 is 0.742 bits per heavy atom. The van der Waals surface area contributed by atoms with E-state index in [9.17, 15) is 19.7 Å². The maximum Gasteiger partial charge on any atom is 0.355 e. The lowest BCUT2D eigenvalue weighted by Crippen LogP contribution is -2.54. The number of ketones is 2. The molecule has 1 aliphatic carbocycles. The third-order valence-corrected chi connectivity index (χ3v) is 6.06. The summed E-state index contributed by atoms with van der Waals surface area (Å²) in [5.74, 6) is -2.57. The van der Waals surface area contributed by atoms with Crippen molar-refractivity contribution in [3.8, 4) is 0 Å². The zero-order chi connectivity index (χ0) is 22.4. The molecular weight excluding hydrogens is 390 g/mol. The molecular formula is C26H23NO4. The molecule has 5 nitrogen and oxygen atoms in total. The molecule has 4 rings (SSSR count). The van der Waals surface area contributed by atoms with Gasteiger partial charge in [-0.2, -0.15) is 0 Å². The summed E-state index contributed by atoms with van der Waals surface area (Å²) in [5.41, 5.74) is -0.147. The monoisotopic (exact) mass is 413 g/mol. The summed E-state index contributed by atoms with van der Waals surface area (Å²) >= 11 is 0. The summed E-state index contributed by atoms with van der Waals surface area (Å²) in [6.07, 6.45) is 0. The number of hydrogen-bond acceptors (Lipinski definition) is 4. The molecule has 31 heavy (non-hydrogen) atoms. The van der Waals surface area contributed by atoms with Crippen molar-refractivity contribution >= 4 is 11.6 Å². The van der Waals surface area contributed by atoms with Gasteiger partial charge in [0.05, 0.1) is 5.92 Å². The Morgan fingerprint density at radius 2 is 1.19 bits per heavy atom. The molecule has 0 fully saturated rings. The summed E-state index contributed by atoms with van der Waals surface area (Å²) in [6, 6.07) is 22.4. The zero-order valence-corrected chi connectivity index (χ0v) is 17.7. The van der Waals surface area contributed by atoms with Crippen molar-refractivity contribution in [2.75, 3.05) is 0 Å². The van der Waals surface area contributed by atoms with Crippen molar-refractivity contribution in [1.29, 1.82) is 0 Å². The Bertz CT molecular complexity index is 1140. The summed E-state index contributed by atoms with van der Waals surface area (Å²) in [6.45, 7) is 6.24. The Labute approximate surface area is 180 Å². The van der Waals surface area contributed by atoms with Crippen LogP contribution in [0.15, 0.2) is 78.9 Å². The van der Waals surface area contributed by atoms with Gasteiger partial charge in [-0.1, -0.05) is 99.6 Å². The molecule has 0 N–H and O–H groups in total. The van der Waals surface area contributed by atoms with Gasteiger partial charge in [-0.15, -0.1) is 0 Å². The average Bonchev–Trinajstić information content (AvgIpc) is 2.98. The van der Waals surface area contributed by atoms with Gasteiger partial charge in [0.15, 0.2) is 0 Å². The molecule has 0 bridgehead atoms. The molecule has 3 aromatic rings. The predicted molar refractivity (Wildman–Crippen MR) is 118 cm³/mol. The molecule has 5 heteroatoms. The quantitative estimate of drug-likeness (QED) is 0.334. The van der Waals surface area contributed by atoms with Crippen LogP contribution in [0.2, 0.25) is 0 Å². The van der Waals surface area contributed by atoms with Gasteiger partial charge in [-0.25, -0.2) is 0 Å². The van der Waals surface area contributed by atoms with E-state index in [0.717, 1.165) is 5.56 Å². The van der Waals surface area contributed by atoms with Gasteiger partial charge in [0, 0.05) is 16.1 Å². The van der Waals surface area contributed by atoms with Crippen LogP contribution in [0.1, 0.15) is 64.1 Å². The summed E-state index contributed by atoms with van der Waals surface area (Å²) in [5, 5.41) is 12.6. The van der Waals surface area contributed by atoms with E-state index < -0.39 is 27.9 Å². The average molecular weight is 413 g/mol. The van der Waals surface area contributed by atoms with Crippen molar-refractivity contribution in [2.24, 2.45) is 0 Å². The lowest BCUT2D eigenvalue weighted by atomic mass is 9.71. The number of rotatable bonds is 4. The third-order valence-electron chi connectivity index (χ3n) is 6.06. The molecule has 0 spiro atoms. The van der Waals surface area contributed by atoms with Crippen molar-refractivity contribution in [1.82, 2.24) is 0 Å². The summed E-state index contributed by atoms with van der Waals surface area (Å²) < 4.78 is 0. The second kappa shape index (κ2) is 7.27. The topological polar surface area (TPSA) is 77.3 Å². The first-order valence-electron chi connectivity index (χ1n) is 10.2. The second-order valence-electron chi connectivity index (χ2n) is 8.94. The molecule has 0 heterocycles. The highest BCUT2D eigenvalue weighted by Crippen LogP contribution is 2.46. The van der Waals surface area contributed by atoms with Crippen molar-refractivity contribution in [3.63, 3.8) is 0 Å². The van der Waals surface area contributed by atoms with Crippen molar-refractivity contribution in [3.05, 3.63) is 117 Å². The first kappa shape index (κ1) is 20.7. The van der Waals surface area contributed by atoms with E-state index in [1.54, 1.807) is 54.6 Å². The van der Waals surface area contributed by atoms with E-state index >= 15 is 0 Å².